The molecule has 0 aliphatic carbocycles. The second-order valence-electron chi connectivity index (χ2n) is 8.05. The average Bonchev–Trinajstić information content (AvgIpc) is 3.30. The van der Waals surface area contributed by atoms with Crippen LogP contribution in [0.2, 0.25) is 0 Å². The molecule has 1 saturated heterocycles. The number of rotatable bonds is 5. The van der Waals surface area contributed by atoms with Crippen LogP contribution in [0.25, 0.3) is 22.2 Å². The summed E-state index contributed by atoms with van der Waals surface area (Å²) in [6.07, 6.45) is 5.88. The van der Waals surface area contributed by atoms with E-state index in [1.54, 1.807) is 40.1 Å². The maximum atomic E-state index is 12.7. The molecule has 1 aliphatic rings. The number of nitrogen functional groups attached to an aromatic ring is 1. The number of carbonyl (C=O) groups is 1. The number of likely N-dealkylation sites (tertiary alicyclic amines) is 1. The highest BCUT2D eigenvalue weighted by Gasteiger charge is 2.27. The summed E-state index contributed by atoms with van der Waals surface area (Å²) in [5.41, 5.74) is 7.48. The molecule has 1 atom stereocenters. The third-order valence-corrected chi connectivity index (χ3v) is 5.57. The van der Waals surface area contributed by atoms with Gasteiger partial charge in [-0.05, 0) is 50.1 Å². The number of benzene rings is 1. The number of H-pyrrole nitrogens is 1. The lowest BCUT2D eigenvalue weighted by molar-refractivity contribution is -0.119. The van der Waals surface area contributed by atoms with Crippen LogP contribution in [0.5, 0.6) is 11.6 Å². The molecule has 10 heteroatoms. The molecule has 35 heavy (non-hydrogen) atoms. The molecule has 4 heterocycles. The van der Waals surface area contributed by atoms with Crippen LogP contribution in [0.1, 0.15) is 25.8 Å². The molecule has 0 spiro atoms. The Morgan fingerprint density at radius 2 is 2.00 bits per heavy atom. The standard InChI is InChI=1S/C22H21N7O3.C3H6/c23-21-18-19(14-6-8-16(9-7-14)32-17-5-1-2-10-24-17)27-29(20(18)22(31)26-25-21)15-4-3-11-28(12-15)13-30;1-3-2/h1-2,5-10,13,15H,3-4,11-12H2,(H2,23,25)(H,26,31);3H,1H2,2H3. The minimum Gasteiger partial charge on any atom is -0.439 e. The fraction of sp³-hybridized carbons (Fsp3) is 0.240. The van der Waals surface area contributed by atoms with Crippen molar-refractivity contribution in [3.8, 4) is 22.9 Å². The molecule has 1 fully saturated rings. The molecule has 4 aromatic rings. The Hall–Kier alpha value is -4.47. The predicted molar refractivity (Wildman–Crippen MR) is 134 cm³/mol. The van der Waals surface area contributed by atoms with Gasteiger partial charge in [0.05, 0.1) is 11.4 Å². The van der Waals surface area contributed by atoms with Gasteiger partial charge < -0.3 is 15.4 Å². The molecule has 1 aromatic carbocycles. The second kappa shape index (κ2) is 10.6. The van der Waals surface area contributed by atoms with Gasteiger partial charge in [0, 0.05) is 30.9 Å². The molecule has 1 aliphatic heterocycles. The van der Waals surface area contributed by atoms with Crippen LogP contribution in [0.4, 0.5) is 5.82 Å². The number of ether oxygens (including phenoxy) is 1. The van der Waals surface area contributed by atoms with Crippen molar-refractivity contribution < 1.29 is 9.53 Å². The zero-order chi connectivity index (χ0) is 24.8. The summed E-state index contributed by atoms with van der Waals surface area (Å²) in [7, 11) is 0. The van der Waals surface area contributed by atoms with Gasteiger partial charge in [0.2, 0.25) is 12.3 Å². The van der Waals surface area contributed by atoms with E-state index in [0.717, 1.165) is 24.8 Å². The van der Waals surface area contributed by atoms with Crippen molar-refractivity contribution >= 4 is 23.1 Å². The van der Waals surface area contributed by atoms with E-state index in [0.29, 0.717) is 41.3 Å². The van der Waals surface area contributed by atoms with Crippen molar-refractivity contribution in [3.05, 3.63) is 71.7 Å². The Bertz CT molecular complexity index is 1360. The Morgan fingerprint density at radius 3 is 2.69 bits per heavy atom. The first kappa shape index (κ1) is 23.7. The normalized spacial score (nSPS) is 15.2. The minimum absolute atomic E-state index is 0.125. The second-order valence-corrected chi connectivity index (χ2v) is 8.05. The number of nitrogens with one attached hydrogen (secondary N) is 1. The third-order valence-electron chi connectivity index (χ3n) is 5.57. The molecular weight excluding hydrogens is 446 g/mol. The number of allylic oxidation sites excluding steroid dienone is 1. The number of carbonyl (C=O) groups excluding carboxylic acids is 1. The zero-order valence-electron chi connectivity index (χ0n) is 19.4. The summed E-state index contributed by atoms with van der Waals surface area (Å²) < 4.78 is 7.45. The van der Waals surface area contributed by atoms with Gasteiger partial charge in [-0.25, -0.2) is 10.1 Å². The summed E-state index contributed by atoms with van der Waals surface area (Å²) in [6.45, 7) is 6.43. The highest BCUT2D eigenvalue weighted by atomic mass is 16.5. The van der Waals surface area contributed by atoms with Crippen LogP contribution in [0, 0.1) is 0 Å². The summed E-state index contributed by atoms with van der Waals surface area (Å²) in [6, 6.07) is 12.6. The lowest BCUT2D eigenvalue weighted by atomic mass is 10.1. The van der Waals surface area contributed by atoms with Crippen LogP contribution in [0.15, 0.2) is 66.1 Å². The van der Waals surface area contributed by atoms with Crippen molar-refractivity contribution in [2.45, 2.75) is 25.8 Å². The van der Waals surface area contributed by atoms with E-state index < -0.39 is 0 Å². The van der Waals surface area contributed by atoms with Gasteiger partial charge in [-0.15, -0.1) is 6.58 Å². The predicted octanol–water partition coefficient (Wildman–Crippen LogP) is 3.54. The number of nitrogens with zero attached hydrogens (tertiary/aromatic N) is 5. The van der Waals surface area contributed by atoms with Crippen molar-refractivity contribution in [1.29, 1.82) is 0 Å². The number of hydrogen-bond donors (Lipinski definition) is 2. The van der Waals surface area contributed by atoms with Gasteiger partial charge in [-0.3, -0.25) is 14.3 Å². The van der Waals surface area contributed by atoms with Crippen LogP contribution < -0.4 is 16.0 Å². The van der Waals surface area contributed by atoms with E-state index in [9.17, 15) is 9.59 Å². The molecule has 180 valence electrons. The largest absolute Gasteiger partial charge is 0.439 e. The van der Waals surface area contributed by atoms with Gasteiger partial charge in [0.1, 0.15) is 17.0 Å². The number of anilines is 1. The number of nitrogens with two attached hydrogens (primary N) is 1. The highest BCUT2D eigenvalue weighted by Crippen LogP contribution is 2.34. The van der Waals surface area contributed by atoms with E-state index in [1.165, 1.54) is 0 Å². The van der Waals surface area contributed by atoms with Crippen LogP contribution in [-0.2, 0) is 4.79 Å². The summed E-state index contributed by atoms with van der Waals surface area (Å²) in [5, 5.41) is 11.7. The van der Waals surface area contributed by atoms with Gasteiger partial charge in [0.15, 0.2) is 5.82 Å². The number of aromatic nitrogens is 5. The van der Waals surface area contributed by atoms with Crippen molar-refractivity contribution in [3.63, 3.8) is 0 Å². The third kappa shape index (κ3) is 5.06. The number of aromatic amines is 1. The maximum Gasteiger partial charge on any atom is 0.290 e. The van der Waals surface area contributed by atoms with E-state index in [4.69, 9.17) is 15.6 Å². The lowest BCUT2D eigenvalue weighted by Crippen LogP contribution is -2.36. The summed E-state index contributed by atoms with van der Waals surface area (Å²) in [4.78, 5) is 29.8. The van der Waals surface area contributed by atoms with Crippen LogP contribution in [0.3, 0.4) is 0 Å². The van der Waals surface area contributed by atoms with Gasteiger partial charge in [0.25, 0.3) is 5.56 Å². The molecule has 1 unspecified atom stereocenters. The highest BCUT2D eigenvalue weighted by molar-refractivity contribution is 5.99. The van der Waals surface area contributed by atoms with Crippen LogP contribution in [-0.4, -0.2) is 49.4 Å². The Labute approximate surface area is 202 Å². The van der Waals surface area contributed by atoms with Gasteiger partial charge >= 0.3 is 0 Å². The zero-order valence-corrected chi connectivity index (χ0v) is 19.4. The maximum absolute atomic E-state index is 12.7. The Balaban J connectivity index is 0.000000917. The molecule has 0 saturated carbocycles. The summed E-state index contributed by atoms with van der Waals surface area (Å²) in [5.74, 6) is 1.30. The van der Waals surface area contributed by atoms with E-state index in [1.807, 2.05) is 31.2 Å². The van der Waals surface area contributed by atoms with Crippen molar-refractivity contribution in [2.75, 3.05) is 18.8 Å². The number of fused-ring (bicyclic) bond motifs is 1. The fourth-order valence-electron chi connectivity index (χ4n) is 4.07. The lowest BCUT2D eigenvalue weighted by Gasteiger charge is -2.30. The first-order valence-corrected chi connectivity index (χ1v) is 11.3. The quantitative estimate of drug-likeness (QED) is 0.335. The number of pyridine rings is 1. The van der Waals surface area contributed by atoms with Crippen LogP contribution >= 0.6 is 0 Å². The monoisotopic (exact) mass is 473 g/mol. The van der Waals surface area contributed by atoms with Crippen molar-refractivity contribution in [2.24, 2.45) is 0 Å². The van der Waals surface area contributed by atoms with E-state index >= 15 is 0 Å². The first-order chi connectivity index (χ1) is 17.0. The number of amides is 1. The number of hydrogen-bond acceptors (Lipinski definition) is 7. The van der Waals surface area contributed by atoms with Gasteiger partial charge in [-0.1, -0.05) is 12.1 Å². The molecule has 3 N–H and O–H groups in total. The minimum atomic E-state index is -0.369. The van der Waals surface area contributed by atoms with E-state index in [2.05, 4.69) is 21.8 Å². The molecule has 0 radical (unpaired) electrons. The first-order valence-electron chi connectivity index (χ1n) is 11.3. The molecular formula is C25H27N7O3. The molecule has 10 nitrogen and oxygen atoms in total. The topological polar surface area (TPSA) is 132 Å². The smallest absolute Gasteiger partial charge is 0.290 e. The summed E-state index contributed by atoms with van der Waals surface area (Å²) >= 11 is 0. The van der Waals surface area contributed by atoms with E-state index in [-0.39, 0.29) is 17.4 Å². The molecule has 0 bridgehead atoms. The molecule has 1 amide bonds. The van der Waals surface area contributed by atoms with Gasteiger partial charge in [-0.2, -0.15) is 10.2 Å². The van der Waals surface area contributed by atoms with Crippen molar-refractivity contribution in [1.82, 2.24) is 29.9 Å². The molecule has 3 aromatic heterocycles. The average molecular weight is 474 g/mol. The number of piperidine rings is 1. The Kier molecular flexibility index (Phi) is 7.20. The SMILES string of the molecule is C=CC.Nc1n[nH]c(=O)c2c1c(-c1ccc(Oc3ccccn3)cc1)nn2C1CCCN(C=O)C1. The molecule has 5 rings (SSSR count). The Morgan fingerprint density at radius 1 is 1.23 bits per heavy atom. The fourth-order valence-corrected chi connectivity index (χ4v) is 4.07.